The maximum Gasteiger partial charge on any atom is 0.311 e. The fourth-order valence-corrected chi connectivity index (χ4v) is 4.65. The zero-order valence-corrected chi connectivity index (χ0v) is 14.7. The van der Waals surface area contributed by atoms with Gasteiger partial charge >= 0.3 is 11.9 Å². The van der Waals surface area contributed by atoms with Crippen LogP contribution in [0.2, 0.25) is 0 Å². The predicted molar refractivity (Wildman–Crippen MR) is 88.0 cm³/mol. The Kier molecular flexibility index (Phi) is 6.14. The standard InChI is InChI=1S/C19H30O5/c1-2-6-18(20)24-17-11-13-9-15(17)16(10-13)19(21)23-12-22-14-7-4-3-5-8-14/h13-17H,2-12H2,1H3. The zero-order valence-electron chi connectivity index (χ0n) is 14.7. The highest BCUT2D eigenvalue weighted by Crippen LogP contribution is 2.50. The van der Waals surface area contributed by atoms with Crippen LogP contribution in [-0.4, -0.2) is 30.9 Å². The third-order valence-corrected chi connectivity index (χ3v) is 5.85. The monoisotopic (exact) mass is 338 g/mol. The number of hydrogen-bond donors (Lipinski definition) is 0. The largest absolute Gasteiger partial charge is 0.462 e. The van der Waals surface area contributed by atoms with Gasteiger partial charge in [0.25, 0.3) is 0 Å². The highest BCUT2D eigenvalue weighted by Gasteiger charge is 2.51. The van der Waals surface area contributed by atoms with E-state index in [0.717, 1.165) is 38.5 Å². The molecule has 0 N–H and O–H groups in total. The number of rotatable bonds is 7. The molecule has 5 heteroatoms. The van der Waals surface area contributed by atoms with Gasteiger partial charge in [0.1, 0.15) is 6.10 Å². The number of ether oxygens (including phenoxy) is 3. The van der Waals surface area contributed by atoms with Gasteiger partial charge in [-0.3, -0.25) is 9.59 Å². The van der Waals surface area contributed by atoms with Gasteiger partial charge in [0.15, 0.2) is 6.79 Å². The lowest BCUT2D eigenvalue weighted by atomic mass is 9.86. The molecular formula is C19H30O5. The Labute approximate surface area is 144 Å². The number of carbonyl (C=O) groups excluding carboxylic acids is 2. The van der Waals surface area contributed by atoms with Gasteiger partial charge in [0.05, 0.1) is 12.0 Å². The van der Waals surface area contributed by atoms with E-state index in [1.807, 2.05) is 6.92 Å². The highest BCUT2D eigenvalue weighted by molar-refractivity contribution is 5.74. The van der Waals surface area contributed by atoms with Crippen LogP contribution >= 0.6 is 0 Å². The number of carbonyl (C=O) groups is 2. The summed E-state index contributed by atoms with van der Waals surface area (Å²) in [7, 11) is 0. The second kappa shape index (κ2) is 8.32. The van der Waals surface area contributed by atoms with Crippen molar-refractivity contribution in [1.82, 2.24) is 0 Å². The molecular weight excluding hydrogens is 308 g/mol. The Morgan fingerprint density at radius 2 is 1.83 bits per heavy atom. The van der Waals surface area contributed by atoms with Crippen molar-refractivity contribution in [2.24, 2.45) is 17.8 Å². The second-order valence-corrected chi connectivity index (χ2v) is 7.63. The minimum absolute atomic E-state index is 0.0671. The molecule has 0 aromatic carbocycles. The average Bonchev–Trinajstić information content (AvgIpc) is 3.16. The van der Waals surface area contributed by atoms with Crippen LogP contribution in [-0.2, 0) is 23.8 Å². The van der Waals surface area contributed by atoms with Crippen molar-refractivity contribution in [3.05, 3.63) is 0 Å². The molecule has 0 radical (unpaired) electrons. The first-order valence-corrected chi connectivity index (χ1v) is 9.65. The van der Waals surface area contributed by atoms with Gasteiger partial charge in [-0.05, 0) is 44.4 Å². The fourth-order valence-electron chi connectivity index (χ4n) is 4.65. The molecule has 0 aliphatic heterocycles. The lowest BCUT2D eigenvalue weighted by Gasteiger charge is -2.28. The summed E-state index contributed by atoms with van der Waals surface area (Å²) in [5, 5.41) is 0. The molecule has 5 nitrogen and oxygen atoms in total. The lowest BCUT2D eigenvalue weighted by molar-refractivity contribution is -0.173. The Morgan fingerprint density at radius 1 is 1.04 bits per heavy atom. The van der Waals surface area contributed by atoms with Crippen LogP contribution in [0.4, 0.5) is 0 Å². The number of hydrogen-bond acceptors (Lipinski definition) is 5. The molecule has 3 fully saturated rings. The molecule has 3 rings (SSSR count). The van der Waals surface area contributed by atoms with Crippen molar-refractivity contribution in [3.63, 3.8) is 0 Å². The van der Waals surface area contributed by atoms with Gasteiger partial charge in [-0.15, -0.1) is 0 Å². The van der Waals surface area contributed by atoms with Crippen molar-refractivity contribution < 1.29 is 23.8 Å². The minimum Gasteiger partial charge on any atom is -0.462 e. The summed E-state index contributed by atoms with van der Waals surface area (Å²) in [5.41, 5.74) is 0. The molecule has 3 saturated carbocycles. The summed E-state index contributed by atoms with van der Waals surface area (Å²) in [4.78, 5) is 24.1. The van der Waals surface area contributed by atoms with E-state index < -0.39 is 0 Å². The van der Waals surface area contributed by atoms with Crippen LogP contribution in [0.25, 0.3) is 0 Å². The van der Waals surface area contributed by atoms with E-state index in [0.29, 0.717) is 12.3 Å². The fraction of sp³-hybridized carbons (Fsp3) is 0.895. The van der Waals surface area contributed by atoms with Gasteiger partial charge in [-0.2, -0.15) is 0 Å². The molecule has 2 bridgehead atoms. The Balaban J connectivity index is 1.42. The minimum atomic E-state index is -0.172. The van der Waals surface area contributed by atoms with Gasteiger partial charge in [-0.1, -0.05) is 26.2 Å². The molecule has 0 heterocycles. The average molecular weight is 338 g/mol. The zero-order chi connectivity index (χ0) is 16.9. The molecule has 0 aromatic rings. The molecule has 0 saturated heterocycles. The van der Waals surface area contributed by atoms with E-state index in [9.17, 15) is 9.59 Å². The summed E-state index contributed by atoms with van der Waals surface area (Å²) in [5.74, 6) is 0.194. The summed E-state index contributed by atoms with van der Waals surface area (Å²) < 4.78 is 16.7. The molecule has 0 aromatic heterocycles. The SMILES string of the molecule is CCCC(=O)OC1CC2CC(C(=O)OCOC3CCCCC3)C1C2. The maximum absolute atomic E-state index is 12.4. The quantitative estimate of drug-likeness (QED) is 0.524. The Bertz CT molecular complexity index is 443. The van der Waals surface area contributed by atoms with Crippen LogP contribution < -0.4 is 0 Å². The maximum atomic E-state index is 12.4. The third kappa shape index (κ3) is 4.29. The van der Waals surface area contributed by atoms with Gasteiger partial charge in [0, 0.05) is 12.3 Å². The number of fused-ring (bicyclic) bond motifs is 2. The highest BCUT2D eigenvalue weighted by atomic mass is 16.7. The molecule has 24 heavy (non-hydrogen) atoms. The Hall–Kier alpha value is -1.10. The first-order valence-electron chi connectivity index (χ1n) is 9.65. The third-order valence-electron chi connectivity index (χ3n) is 5.85. The van der Waals surface area contributed by atoms with Gasteiger partial charge in [-0.25, -0.2) is 0 Å². The first-order chi connectivity index (χ1) is 11.7. The van der Waals surface area contributed by atoms with Gasteiger partial charge in [0.2, 0.25) is 0 Å². The van der Waals surface area contributed by atoms with Crippen molar-refractivity contribution in [3.8, 4) is 0 Å². The molecule has 3 aliphatic rings. The molecule has 136 valence electrons. The molecule has 0 spiro atoms. The summed E-state index contributed by atoms with van der Waals surface area (Å²) in [6.07, 6.45) is 9.98. The van der Waals surface area contributed by atoms with E-state index in [4.69, 9.17) is 14.2 Å². The molecule has 3 aliphatic carbocycles. The van der Waals surface area contributed by atoms with Crippen molar-refractivity contribution >= 4 is 11.9 Å². The summed E-state index contributed by atoms with van der Waals surface area (Å²) >= 11 is 0. The van der Waals surface area contributed by atoms with Gasteiger partial charge < -0.3 is 14.2 Å². The van der Waals surface area contributed by atoms with E-state index in [2.05, 4.69) is 0 Å². The molecule has 0 amide bonds. The molecule has 4 atom stereocenters. The van der Waals surface area contributed by atoms with Crippen LogP contribution in [0, 0.1) is 17.8 Å². The Morgan fingerprint density at radius 3 is 2.54 bits per heavy atom. The van der Waals surface area contributed by atoms with E-state index in [1.54, 1.807) is 0 Å². The van der Waals surface area contributed by atoms with Crippen molar-refractivity contribution in [2.75, 3.05) is 6.79 Å². The van der Waals surface area contributed by atoms with E-state index in [1.165, 1.54) is 19.3 Å². The first kappa shape index (κ1) is 17.7. The summed E-state index contributed by atoms with van der Waals surface area (Å²) in [6.45, 7) is 2.03. The number of esters is 2. The van der Waals surface area contributed by atoms with Crippen molar-refractivity contribution in [2.45, 2.75) is 83.3 Å². The van der Waals surface area contributed by atoms with Crippen LogP contribution in [0.15, 0.2) is 0 Å². The second-order valence-electron chi connectivity index (χ2n) is 7.63. The topological polar surface area (TPSA) is 61.8 Å². The molecule has 4 unspecified atom stereocenters. The predicted octanol–water partition coefficient (Wildman–Crippen LogP) is 3.59. The van der Waals surface area contributed by atoms with Crippen LogP contribution in [0.1, 0.15) is 71.1 Å². The normalized spacial score (nSPS) is 32.7. The van der Waals surface area contributed by atoms with E-state index in [-0.39, 0.29) is 42.8 Å². The van der Waals surface area contributed by atoms with Crippen LogP contribution in [0.3, 0.4) is 0 Å². The smallest absolute Gasteiger partial charge is 0.311 e. The summed E-state index contributed by atoms with van der Waals surface area (Å²) in [6, 6.07) is 0. The van der Waals surface area contributed by atoms with E-state index >= 15 is 0 Å². The van der Waals surface area contributed by atoms with Crippen molar-refractivity contribution in [1.29, 1.82) is 0 Å². The van der Waals surface area contributed by atoms with Crippen LogP contribution in [0.5, 0.6) is 0 Å². The lowest BCUT2D eigenvalue weighted by Crippen LogP contribution is -2.35.